The molecule has 0 spiro atoms. The molecule has 1 aromatic rings. The number of hydrogen-bond donors (Lipinski definition) is 2. The third kappa shape index (κ3) is 3.52. The van der Waals surface area contributed by atoms with Crippen molar-refractivity contribution < 1.29 is 19.5 Å². The topological polar surface area (TPSA) is 86.7 Å². The zero-order valence-electron chi connectivity index (χ0n) is 13.8. The van der Waals surface area contributed by atoms with Crippen LogP contribution in [0.5, 0.6) is 0 Å². The summed E-state index contributed by atoms with van der Waals surface area (Å²) in [5, 5.41) is 11.9. The van der Waals surface area contributed by atoms with Crippen molar-refractivity contribution in [3.05, 3.63) is 29.8 Å². The monoisotopic (exact) mass is 318 g/mol. The molecule has 1 aliphatic carbocycles. The van der Waals surface area contributed by atoms with E-state index in [1.165, 1.54) is 4.90 Å². The molecule has 0 unspecified atom stereocenters. The van der Waals surface area contributed by atoms with Crippen LogP contribution in [0.2, 0.25) is 0 Å². The second-order valence-corrected chi connectivity index (χ2v) is 6.77. The molecule has 2 rings (SSSR count). The maximum Gasteiger partial charge on any atom is 0.307 e. The normalized spacial score (nSPS) is 21.4. The number of nitrogens with zero attached hydrogens (tertiary/aromatic N) is 1. The highest BCUT2D eigenvalue weighted by molar-refractivity contribution is 5.99. The Hall–Kier alpha value is -2.37. The van der Waals surface area contributed by atoms with Gasteiger partial charge in [-0.1, -0.05) is 26.0 Å². The second kappa shape index (κ2) is 6.02. The van der Waals surface area contributed by atoms with Crippen LogP contribution in [-0.2, 0) is 20.8 Å². The molecule has 0 aliphatic heterocycles. The summed E-state index contributed by atoms with van der Waals surface area (Å²) < 4.78 is 0. The van der Waals surface area contributed by atoms with E-state index in [-0.39, 0.29) is 18.2 Å². The van der Waals surface area contributed by atoms with Gasteiger partial charge in [0, 0.05) is 19.8 Å². The number of hydrogen-bond acceptors (Lipinski definition) is 3. The van der Waals surface area contributed by atoms with Gasteiger partial charge in [-0.3, -0.25) is 14.4 Å². The molecule has 0 saturated heterocycles. The fourth-order valence-corrected chi connectivity index (χ4v) is 2.90. The van der Waals surface area contributed by atoms with Crippen LogP contribution in [0, 0.1) is 17.3 Å². The number of carbonyl (C=O) groups is 3. The molecule has 6 nitrogen and oxygen atoms in total. The largest absolute Gasteiger partial charge is 0.481 e. The van der Waals surface area contributed by atoms with E-state index in [9.17, 15) is 14.4 Å². The number of nitrogens with one attached hydrogen (secondary N) is 1. The number of carboxylic acid groups (broad SMARTS) is 1. The Kier molecular flexibility index (Phi) is 4.45. The fourth-order valence-electron chi connectivity index (χ4n) is 2.90. The lowest BCUT2D eigenvalue weighted by Gasteiger charge is -2.11. The summed E-state index contributed by atoms with van der Waals surface area (Å²) in [6, 6.07) is 7.05. The maximum atomic E-state index is 12.3. The average molecular weight is 318 g/mol. The van der Waals surface area contributed by atoms with E-state index < -0.39 is 23.2 Å². The van der Waals surface area contributed by atoms with E-state index in [4.69, 9.17) is 5.11 Å². The summed E-state index contributed by atoms with van der Waals surface area (Å²) in [5.41, 5.74) is 0.839. The number of anilines is 1. The molecule has 0 bridgehead atoms. The van der Waals surface area contributed by atoms with E-state index in [1.807, 2.05) is 6.07 Å². The molecular formula is C17H22N2O4. The lowest BCUT2D eigenvalue weighted by atomic mass is 10.1. The molecule has 0 radical (unpaired) electrons. The van der Waals surface area contributed by atoms with Crippen LogP contribution >= 0.6 is 0 Å². The van der Waals surface area contributed by atoms with Gasteiger partial charge in [-0.15, -0.1) is 0 Å². The number of amides is 2. The minimum atomic E-state index is -0.944. The van der Waals surface area contributed by atoms with E-state index >= 15 is 0 Å². The number of likely N-dealkylation sites (N-methyl/N-ethyl adjacent to an activating group) is 1. The van der Waals surface area contributed by atoms with Crippen LogP contribution in [0.25, 0.3) is 0 Å². The first kappa shape index (κ1) is 17.0. The van der Waals surface area contributed by atoms with Gasteiger partial charge < -0.3 is 15.3 Å². The number of aliphatic carboxylic acids is 1. The molecule has 6 heteroatoms. The van der Waals surface area contributed by atoms with Crippen molar-refractivity contribution in [3.63, 3.8) is 0 Å². The third-order valence-corrected chi connectivity index (χ3v) is 4.42. The van der Waals surface area contributed by atoms with Crippen LogP contribution in [0.1, 0.15) is 19.4 Å². The quantitative estimate of drug-likeness (QED) is 0.863. The molecule has 2 amide bonds. The molecule has 1 aromatic carbocycles. The van der Waals surface area contributed by atoms with Gasteiger partial charge >= 0.3 is 5.97 Å². The summed E-state index contributed by atoms with van der Waals surface area (Å²) in [6.07, 6.45) is 0.253. The predicted molar refractivity (Wildman–Crippen MR) is 85.9 cm³/mol. The lowest BCUT2D eigenvalue weighted by molar-refractivity contribution is -0.140. The van der Waals surface area contributed by atoms with Gasteiger partial charge in [-0.2, -0.15) is 0 Å². The average Bonchev–Trinajstić information content (AvgIpc) is 3.02. The second-order valence-electron chi connectivity index (χ2n) is 6.77. The zero-order chi connectivity index (χ0) is 17.4. The third-order valence-electron chi connectivity index (χ3n) is 4.42. The van der Waals surface area contributed by atoms with Crippen LogP contribution in [-0.4, -0.2) is 41.9 Å². The van der Waals surface area contributed by atoms with Crippen LogP contribution in [0.4, 0.5) is 5.69 Å². The van der Waals surface area contributed by atoms with Gasteiger partial charge in [-0.05, 0) is 23.1 Å². The molecular weight excluding hydrogens is 296 g/mol. The SMILES string of the molecule is CN(C)C(=O)Cc1cccc(NC(=O)[C@@H]2[C@H](C(=O)O)C2(C)C)c1. The molecule has 0 heterocycles. The Morgan fingerprint density at radius 2 is 1.87 bits per heavy atom. The maximum absolute atomic E-state index is 12.3. The Bertz CT molecular complexity index is 652. The number of benzene rings is 1. The van der Waals surface area contributed by atoms with Gasteiger partial charge in [0.1, 0.15) is 0 Å². The van der Waals surface area contributed by atoms with Crippen molar-refractivity contribution in [2.24, 2.45) is 17.3 Å². The molecule has 1 aliphatic rings. The van der Waals surface area contributed by atoms with Gasteiger partial charge in [0.05, 0.1) is 18.3 Å². The van der Waals surface area contributed by atoms with E-state index in [2.05, 4.69) is 5.32 Å². The highest BCUT2D eigenvalue weighted by Gasteiger charge is 2.65. The number of rotatable bonds is 5. The first-order chi connectivity index (χ1) is 10.6. The van der Waals surface area contributed by atoms with Gasteiger partial charge in [0.25, 0.3) is 0 Å². The first-order valence-electron chi connectivity index (χ1n) is 7.47. The minimum absolute atomic E-state index is 0.0252. The number of carbonyl (C=O) groups excluding carboxylic acids is 2. The highest BCUT2D eigenvalue weighted by Crippen LogP contribution is 2.58. The van der Waals surface area contributed by atoms with Gasteiger partial charge in [0.2, 0.25) is 11.8 Å². The molecule has 0 aromatic heterocycles. The summed E-state index contributed by atoms with van der Waals surface area (Å²) in [6.45, 7) is 3.56. The predicted octanol–water partition coefficient (Wildman–Crippen LogP) is 1.61. The van der Waals surface area contributed by atoms with Crippen molar-refractivity contribution in [2.45, 2.75) is 20.3 Å². The first-order valence-corrected chi connectivity index (χ1v) is 7.47. The Balaban J connectivity index is 2.05. The summed E-state index contributed by atoms with van der Waals surface area (Å²) in [7, 11) is 3.38. The summed E-state index contributed by atoms with van der Waals surface area (Å²) >= 11 is 0. The molecule has 1 saturated carbocycles. The van der Waals surface area contributed by atoms with Crippen molar-refractivity contribution in [1.29, 1.82) is 0 Å². The van der Waals surface area contributed by atoms with E-state index in [0.717, 1.165) is 5.56 Å². The molecule has 2 atom stereocenters. The highest BCUT2D eigenvalue weighted by atomic mass is 16.4. The van der Waals surface area contributed by atoms with Crippen molar-refractivity contribution in [1.82, 2.24) is 4.90 Å². The van der Waals surface area contributed by atoms with Crippen molar-refractivity contribution >= 4 is 23.5 Å². The van der Waals surface area contributed by atoms with Gasteiger partial charge in [0.15, 0.2) is 0 Å². The molecule has 2 N–H and O–H groups in total. The summed E-state index contributed by atoms with van der Waals surface area (Å²) in [5.74, 6) is -2.45. The number of carboxylic acids is 1. The molecule has 1 fully saturated rings. The van der Waals surface area contributed by atoms with Crippen LogP contribution in [0.15, 0.2) is 24.3 Å². The van der Waals surface area contributed by atoms with Gasteiger partial charge in [-0.25, -0.2) is 0 Å². The molecule has 124 valence electrons. The fraction of sp³-hybridized carbons (Fsp3) is 0.471. The summed E-state index contributed by atoms with van der Waals surface area (Å²) in [4.78, 5) is 36.7. The van der Waals surface area contributed by atoms with Crippen LogP contribution in [0.3, 0.4) is 0 Å². The smallest absolute Gasteiger partial charge is 0.307 e. The Morgan fingerprint density at radius 3 is 2.39 bits per heavy atom. The van der Waals surface area contributed by atoms with Crippen LogP contribution < -0.4 is 5.32 Å². The van der Waals surface area contributed by atoms with E-state index in [1.54, 1.807) is 46.1 Å². The lowest BCUT2D eigenvalue weighted by Crippen LogP contribution is -2.23. The van der Waals surface area contributed by atoms with Crippen molar-refractivity contribution in [3.8, 4) is 0 Å². The zero-order valence-corrected chi connectivity index (χ0v) is 13.8. The van der Waals surface area contributed by atoms with Crippen molar-refractivity contribution in [2.75, 3.05) is 19.4 Å². The standard InChI is InChI=1S/C17H22N2O4/c1-17(2)13(14(17)16(22)23)15(21)18-11-7-5-6-10(8-11)9-12(20)19(3)4/h5-8,13-14H,9H2,1-4H3,(H,18,21)(H,22,23)/t13-,14+/m0/s1. The Labute approximate surface area is 135 Å². The minimum Gasteiger partial charge on any atom is -0.481 e. The molecule has 23 heavy (non-hydrogen) atoms. The Morgan fingerprint density at radius 1 is 1.22 bits per heavy atom. The van der Waals surface area contributed by atoms with E-state index in [0.29, 0.717) is 5.69 Å².